The monoisotopic (exact) mass is 1470 g/mol. The Kier molecular flexibility index (Phi) is 37.6. The molecule has 16 atom stereocenters. The van der Waals surface area contributed by atoms with Crippen molar-refractivity contribution in [2.75, 3.05) is 6.61 Å². The Labute approximate surface area is 599 Å². The third kappa shape index (κ3) is 18.3. The van der Waals surface area contributed by atoms with Crippen molar-refractivity contribution in [3.8, 4) is 0 Å². The molecule has 1 nitrogen and oxygen atoms in total. The van der Waals surface area contributed by atoms with Gasteiger partial charge >= 0.3 is 87.1 Å². The molecule has 16 unspecified atom stereocenters. The smallest absolute Gasteiger partial charge is 2.00 e. The largest absolute Gasteiger partial charge is 4.00 e. The van der Waals surface area contributed by atoms with Crippen molar-refractivity contribution in [2.24, 2.45) is 92.7 Å². The van der Waals surface area contributed by atoms with Crippen molar-refractivity contribution >= 4 is 56.2 Å². The van der Waals surface area contributed by atoms with E-state index in [1.165, 1.54) is 83.5 Å². The number of rotatable bonds is 4. The number of hydrogen-bond acceptors (Lipinski definition) is 1. The Hall–Kier alpha value is 1.91. The van der Waals surface area contributed by atoms with Crippen LogP contribution < -0.4 is 17.0 Å². The van der Waals surface area contributed by atoms with Crippen molar-refractivity contribution in [3.63, 3.8) is 0 Å². The minimum atomic E-state index is -1.49. The normalized spacial score (nSPS) is 35.4. The first-order chi connectivity index (χ1) is 35.0. The zero-order valence-electron chi connectivity index (χ0n) is 60.0. The molecule has 0 aromatic carbocycles. The van der Waals surface area contributed by atoms with E-state index in [4.69, 9.17) is 22.1 Å². The van der Waals surface area contributed by atoms with Gasteiger partial charge in [0.25, 0.3) is 0 Å². The number of allylic oxidation sites excluding steroid dienone is 16. The Morgan fingerprint density at radius 1 is 0.424 bits per heavy atom. The minimum absolute atomic E-state index is 0. The average Bonchev–Trinajstić information content (AvgIpc) is 4.16. The molecule has 1 N–H and O–H groups in total. The quantitative estimate of drug-likeness (QED) is 0.220. The third-order valence-corrected chi connectivity index (χ3v) is 33.5. The van der Waals surface area contributed by atoms with Crippen molar-refractivity contribution in [1.29, 1.82) is 0 Å². The van der Waals surface area contributed by atoms with Gasteiger partial charge in [-0.1, -0.05) is 200 Å². The van der Waals surface area contributed by atoms with Crippen LogP contribution in [0.3, 0.4) is 0 Å². The van der Waals surface area contributed by atoms with E-state index in [1.54, 1.807) is 29.2 Å². The third-order valence-electron chi connectivity index (χ3n) is 22.8. The van der Waals surface area contributed by atoms with Crippen molar-refractivity contribution < 1.29 is 69.1 Å². The van der Waals surface area contributed by atoms with E-state index < -0.39 is 37.0 Å². The summed E-state index contributed by atoms with van der Waals surface area (Å²) in [5.74, 6) is 10.3. The molecule has 0 heterocycles. The first-order valence-electron chi connectivity index (χ1n) is 31.2. The van der Waals surface area contributed by atoms with Gasteiger partial charge in [0.05, 0.1) is 16.1 Å². The summed E-state index contributed by atoms with van der Waals surface area (Å²) in [7, 11) is 6.89. The topological polar surface area (TPSA) is 20.2 Å². The van der Waals surface area contributed by atoms with Crippen LogP contribution >= 0.6 is 17.0 Å². The van der Waals surface area contributed by atoms with Crippen molar-refractivity contribution in [1.82, 2.24) is 0 Å². The molecule has 12 aliphatic carbocycles. The molecule has 4 fully saturated rings. The summed E-state index contributed by atoms with van der Waals surface area (Å²) in [5.41, 5.74) is 20.2. The summed E-state index contributed by atoms with van der Waals surface area (Å²) in [6.45, 7) is 48.0. The summed E-state index contributed by atoms with van der Waals surface area (Å²) >= 11 is -0.826. The van der Waals surface area contributed by atoms with Gasteiger partial charge in [-0.25, -0.2) is 0 Å². The number of aliphatic hydroxyl groups is 1. The predicted octanol–water partition coefficient (Wildman–Crippen LogP) is 21.3. The van der Waals surface area contributed by atoms with E-state index in [-0.39, 0.29) is 125 Å². The second-order valence-corrected chi connectivity index (χ2v) is 45.8. The molecular formula is C76H131BrCl2MgOSi2Zr2. The molecule has 0 spiro atoms. The van der Waals surface area contributed by atoms with Crippen molar-refractivity contribution in [2.45, 2.75) is 236 Å². The maximum Gasteiger partial charge on any atom is 4.00 e. The van der Waals surface area contributed by atoms with Crippen molar-refractivity contribution in [3.05, 3.63) is 145 Å². The molecule has 12 rings (SSSR count). The molecule has 0 aromatic rings. The van der Waals surface area contributed by atoms with Gasteiger partial charge in [-0.15, -0.1) is 0 Å². The van der Waals surface area contributed by atoms with Gasteiger partial charge in [-0.3, -0.25) is 0 Å². The molecule has 0 bridgehead atoms. The maximum atomic E-state index is 7.57. The Morgan fingerprint density at radius 2 is 0.576 bits per heavy atom. The Morgan fingerprint density at radius 3 is 0.729 bits per heavy atom. The number of aliphatic hydroxyl groups excluding tert-OH is 1. The van der Waals surface area contributed by atoms with Gasteiger partial charge in [-0.05, 0) is 221 Å². The van der Waals surface area contributed by atoms with Gasteiger partial charge in [0.1, 0.15) is 0 Å². The average molecular weight is 1470 g/mol. The van der Waals surface area contributed by atoms with Crippen LogP contribution in [0.1, 0.15) is 187 Å². The maximum absolute atomic E-state index is 7.57. The molecule has 480 valence electrons. The molecule has 0 radical (unpaired) electrons. The first-order valence-corrected chi connectivity index (χ1v) is 43.8. The second kappa shape index (κ2) is 35.1. The molecule has 0 aliphatic heterocycles. The standard InChI is InChI=1S/2C32H48Si.C3H8.C2H6O.7CH3.BrH.2ClH.Mg.2Zr/c2*1-19-13-25-23(11-9-21-15-31(3,4)17-27(21)25)29(19)33(7,8)30-20(2)14-26-24(30)12-10-22-16-32(5,6)18-28(22)26;1-3-2;1-2-3;;;;;;;;;;;;;/h2*9-12,19-20,23-26,29-30H,13-18H2,1-8H3;3H2,1-2H3;3H,2H2,1H3;7*1H3;3*1H;;;/q;;;;7*-1;;;;+2;2*+4/p-3. The molecule has 12 aliphatic rings. The summed E-state index contributed by atoms with van der Waals surface area (Å²) in [6, 6.07) is 0. The zero-order chi connectivity index (χ0) is 55.1. The molecule has 0 saturated heterocycles. The van der Waals surface area contributed by atoms with Gasteiger partial charge in [-0.2, -0.15) is 0 Å². The number of hydrogen-bond donors (Lipinski definition) is 1. The summed E-state index contributed by atoms with van der Waals surface area (Å²) < 4.78 is 0. The number of fused-ring (bicyclic) bond motifs is 8. The first kappa shape index (κ1) is 91.1. The van der Waals surface area contributed by atoms with Gasteiger partial charge in [0.15, 0.2) is 0 Å². The van der Waals surface area contributed by atoms with Crippen LogP contribution in [0.4, 0.5) is 0 Å². The van der Waals surface area contributed by atoms with Crippen LogP contribution in [0.25, 0.3) is 0 Å². The minimum Gasteiger partial charge on any atom is 2.00 e. The summed E-state index contributed by atoms with van der Waals surface area (Å²) in [5, 5.41) is 7.57. The second-order valence-electron chi connectivity index (χ2n) is 32.1. The zero-order valence-corrected chi connectivity index (χ0v) is 71.5. The summed E-state index contributed by atoms with van der Waals surface area (Å²) in [4.78, 5) is 0. The SMILES string of the molecule is CC1CC2C3=C(C=CC2C1[Si](C)(C)C1C(C)CC2C4=C(C=CC21)CC(C)(C)C4)CC(C)(C)C3.CC1CC2C3=C(C=CC2C1[Si](C)(C)C1C(C)CC2C4=C(C=CC21)CC(C)(C)C4)CC(C)(C)C3.CCC.CCO.[Br-].[CH3-].[CH3-].[CH3-].[CH3-].[CH3-].[CH3-].[CH3-].[Cl][Zr+2][Cl].[Mg+2].[Zr+4]. The molecular weight excluding hydrogens is 1340 g/mol. The van der Waals surface area contributed by atoms with Gasteiger partial charge in [0, 0.05) is 6.61 Å². The molecule has 9 heteroatoms. The molecule has 4 saturated carbocycles. The molecule has 0 amide bonds. The fourth-order valence-corrected chi connectivity index (χ4v) is 34.2. The van der Waals surface area contributed by atoms with Gasteiger partial charge in [0.2, 0.25) is 0 Å². The van der Waals surface area contributed by atoms with E-state index in [0.29, 0.717) is 21.7 Å². The number of halogens is 3. The van der Waals surface area contributed by atoms with E-state index in [0.717, 1.165) is 93.2 Å². The molecule has 85 heavy (non-hydrogen) atoms. The van der Waals surface area contributed by atoms with E-state index in [1.807, 2.05) is 22.3 Å². The fraction of sp³-hybridized carbons (Fsp3) is 0.697. The summed E-state index contributed by atoms with van der Waals surface area (Å²) in [6.07, 6.45) is 39.0. The van der Waals surface area contributed by atoms with Crippen LogP contribution in [0, 0.1) is 145 Å². The van der Waals surface area contributed by atoms with E-state index >= 15 is 0 Å². The van der Waals surface area contributed by atoms with Crippen LogP contribution in [0.15, 0.2) is 93.2 Å². The Bertz CT molecular complexity index is 2070. The van der Waals surface area contributed by atoms with Crippen LogP contribution in [-0.2, 0) is 47.1 Å². The fourth-order valence-electron chi connectivity index (χ4n) is 21.5. The van der Waals surface area contributed by atoms with Gasteiger partial charge < -0.3 is 74.1 Å². The van der Waals surface area contributed by atoms with Crippen LogP contribution in [0.2, 0.25) is 48.4 Å². The molecule has 0 aromatic heterocycles. The Balaban J connectivity index is -0.00000126. The van der Waals surface area contributed by atoms with E-state index in [2.05, 4.69) is 172 Å². The van der Waals surface area contributed by atoms with Crippen LogP contribution in [-0.4, -0.2) is 50.9 Å². The predicted molar refractivity (Wildman–Crippen MR) is 381 cm³/mol. The van der Waals surface area contributed by atoms with E-state index in [9.17, 15) is 0 Å². The van der Waals surface area contributed by atoms with Crippen LogP contribution in [0.5, 0.6) is 0 Å².